The highest BCUT2D eigenvalue weighted by Crippen LogP contribution is 2.28. The van der Waals surface area contributed by atoms with Gasteiger partial charge in [-0.25, -0.2) is 4.79 Å². The Labute approximate surface area is 118 Å². The summed E-state index contributed by atoms with van der Waals surface area (Å²) in [6, 6.07) is 11.2. The lowest BCUT2D eigenvalue weighted by Gasteiger charge is -2.06. The first-order valence-corrected chi connectivity index (χ1v) is 5.71. The van der Waals surface area contributed by atoms with E-state index in [1.165, 1.54) is 36.4 Å². The minimum absolute atomic E-state index is 0.0615. The molecular weight excluding hydrogens is 276 g/mol. The van der Waals surface area contributed by atoms with Gasteiger partial charge in [0.1, 0.15) is 23.1 Å². The first-order chi connectivity index (χ1) is 10.0. The van der Waals surface area contributed by atoms with Crippen LogP contribution in [0, 0.1) is 21.4 Å². The Morgan fingerprint density at radius 1 is 1.19 bits per heavy atom. The summed E-state index contributed by atoms with van der Waals surface area (Å²) < 4.78 is 5.40. The van der Waals surface area contributed by atoms with Gasteiger partial charge in [-0.1, -0.05) is 0 Å². The molecule has 2 rings (SSSR count). The van der Waals surface area contributed by atoms with Crippen molar-refractivity contribution in [1.82, 2.24) is 0 Å². The van der Waals surface area contributed by atoms with Crippen molar-refractivity contribution in [3.05, 3.63) is 63.7 Å². The molecule has 0 saturated heterocycles. The van der Waals surface area contributed by atoms with Crippen LogP contribution in [-0.2, 0) is 0 Å². The van der Waals surface area contributed by atoms with Crippen LogP contribution in [0.5, 0.6) is 11.5 Å². The second kappa shape index (κ2) is 5.71. The highest BCUT2D eigenvalue weighted by atomic mass is 16.6. The Balaban J connectivity index is 2.27. The Morgan fingerprint density at radius 3 is 2.33 bits per heavy atom. The molecule has 104 valence electrons. The molecule has 21 heavy (non-hydrogen) atoms. The number of benzene rings is 2. The zero-order valence-corrected chi connectivity index (χ0v) is 10.5. The predicted molar refractivity (Wildman–Crippen MR) is 71.3 cm³/mol. The van der Waals surface area contributed by atoms with Crippen molar-refractivity contribution in [2.75, 3.05) is 0 Å². The summed E-state index contributed by atoms with van der Waals surface area (Å²) in [4.78, 5) is 20.9. The predicted octanol–water partition coefficient (Wildman–Crippen LogP) is 2.96. The fourth-order valence-electron chi connectivity index (χ4n) is 1.62. The van der Waals surface area contributed by atoms with Gasteiger partial charge < -0.3 is 9.84 Å². The van der Waals surface area contributed by atoms with Gasteiger partial charge in [-0.2, -0.15) is 5.26 Å². The molecule has 2 aromatic carbocycles. The summed E-state index contributed by atoms with van der Waals surface area (Å²) in [5.41, 5.74) is -0.307. The number of hydrogen-bond acceptors (Lipinski definition) is 5. The summed E-state index contributed by atoms with van der Waals surface area (Å²) in [6.07, 6.45) is 0. The van der Waals surface area contributed by atoms with Gasteiger partial charge in [0.05, 0.1) is 16.6 Å². The number of carboxylic acid groups (broad SMARTS) is 1. The van der Waals surface area contributed by atoms with Crippen molar-refractivity contribution < 1.29 is 19.6 Å². The maximum Gasteiger partial charge on any atom is 0.335 e. The molecule has 0 spiro atoms. The van der Waals surface area contributed by atoms with E-state index >= 15 is 0 Å². The van der Waals surface area contributed by atoms with Crippen LogP contribution in [0.2, 0.25) is 0 Å². The number of rotatable bonds is 4. The molecule has 0 aliphatic carbocycles. The number of carboxylic acids is 1. The maximum atomic E-state index is 10.8. The molecule has 0 unspecified atom stereocenters. The molecule has 0 aliphatic rings. The number of nitrogens with zero attached hydrogens (tertiary/aromatic N) is 2. The van der Waals surface area contributed by atoms with Gasteiger partial charge in [0, 0.05) is 0 Å². The third-order valence-electron chi connectivity index (χ3n) is 2.62. The summed E-state index contributed by atoms with van der Waals surface area (Å²) in [7, 11) is 0. The van der Waals surface area contributed by atoms with Crippen LogP contribution in [0.25, 0.3) is 0 Å². The Bertz CT molecular complexity index is 747. The Kier molecular flexibility index (Phi) is 3.81. The Hall–Kier alpha value is -3.40. The van der Waals surface area contributed by atoms with Crippen LogP contribution in [0.3, 0.4) is 0 Å². The van der Waals surface area contributed by atoms with Crippen molar-refractivity contribution in [2.24, 2.45) is 0 Å². The number of aromatic carboxylic acids is 1. The van der Waals surface area contributed by atoms with E-state index in [1.807, 2.05) is 0 Å². The van der Waals surface area contributed by atoms with Crippen molar-refractivity contribution in [1.29, 1.82) is 5.26 Å². The van der Waals surface area contributed by atoms with Crippen molar-refractivity contribution in [2.45, 2.75) is 0 Å². The highest BCUT2D eigenvalue weighted by molar-refractivity contribution is 5.87. The first kappa shape index (κ1) is 14.0. The van der Waals surface area contributed by atoms with Crippen molar-refractivity contribution >= 4 is 11.7 Å². The minimum atomic E-state index is -1.06. The number of nitro groups is 1. The molecule has 0 amide bonds. The molecule has 7 nitrogen and oxygen atoms in total. The van der Waals surface area contributed by atoms with Gasteiger partial charge in [0.2, 0.25) is 0 Å². The van der Waals surface area contributed by atoms with Crippen molar-refractivity contribution in [3.63, 3.8) is 0 Å². The van der Waals surface area contributed by atoms with E-state index in [9.17, 15) is 14.9 Å². The average molecular weight is 284 g/mol. The summed E-state index contributed by atoms with van der Waals surface area (Å²) in [5, 5.41) is 28.4. The van der Waals surface area contributed by atoms with Crippen LogP contribution < -0.4 is 4.74 Å². The topological polar surface area (TPSA) is 113 Å². The van der Waals surface area contributed by atoms with E-state index < -0.39 is 10.9 Å². The van der Waals surface area contributed by atoms with E-state index in [0.29, 0.717) is 5.75 Å². The highest BCUT2D eigenvalue weighted by Gasteiger charge is 2.15. The van der Waals surface area contributed by atoms with E-state index in [4.69, 9.17) is 15.1 Å². The summed E-state index contributed by atoms with van der Waals surface area (Å²) >= 11 is 0. The van der Waals surface area contributed by atoms with Gasteiger partial charge in [-0.3, -0.25) is 10.1 Å². The normalized spacial score (nSPS) is 9.67. The van der Waals surface area contributed by atoms with E-state index in [2.05, 4.69) is 0 Å². The zero-order chi connectivity index (χ0) is 15.4. The van der Waals surface area contributed by atoms with Crippen LogP contribution in [0.4, 0.5) is 5.69 Å². The molecule has 0 aliphatic heterocycles. The largest absolute Gasteiger partial charge is 0.478 e. The lowest BCUT2D eigenvalue weighted by molar-refractivity contribution is -0.385. The van der Waals surface area contributed by atoms with Gasteiger partial charge in [-0.05, 0) is 36.4 Å². The monoisotopic (exact) mass is 284 g/mol. The second-order valence-corrected chi connectivity index (χ2v) is 3.98. The smallest absolute Gasteiger partial charge is 0.335 e. The number of nitro benzene ring substituents is 1. The van der Waals surface area contributed by atoms with Crippen LogP contribution in [0.15, 0.2) is 42.5 Å². The number of nitriles is 1. The number of carbonyl (C=O) groups is 1. The van der Waals surface area contributed by atoms with E-state index in [1.54, 1.807) is 6.07 Å². The fraction of sp³-hybridized carbons (Fsp3) is 0. The molecule has 1 N–H and O–H groups in total. The van der Waals surface area contributed by atoms with E-state index in [0.717, 1.165) is 6.07 Å². The lowest BCUT2D eigenvalue weighted by atomic mass is 10.2. The van der Waals surface area contributed by atoms with Gasteiger partial charge >= 0.3 is 5.97 Å². The first-order valence-electron chi connectivity index (χ1n) is 5.71. The van der Waals surface area contributed by atoms with Crippen LogP contribution >= 0.6 is 0 Å². The van der Waals surface area contributed by atoms with Crippen molar-refractivity contribution in [3.8, 4) is 17.6 Å². The summed E-state index contributed by atoms with van der Waals surface area (Å²) in [6.45, 7) is 0. The third kappa shape index (κ3) is 3.13. The summed E-state index contributed by atoms with van der Waals surface area (Å²) in [5.74, 6) is -0.543. The van der Waals surface area contributed by atoms with Gasteiger partial charge in [0.25, 0.3) is 5.69 Å². The second-order valence-electron chi connectivity index (χ2n) is 3.98. The van der Waals surface area contributed by atoms with Gasteiger partial charge in [0.15, 0.2) is 0 Å². The number of hydrogen-bond donors (Lipinski definition) is 1. The van der Waals surface area contributed by atoms with E-state index in [-0.39, 0.29) is 22.6 Å². The van der Waals surface area contributed by atoms with Crippen LogP contribution in [0.1, 0.15) is 15.9 Å². The molecule has 0 saturated carbocycles. The molecule has 0 aromatic heterocycles. The molecule has 0 bridgehead atoms. The Morgan fingerprint density at radius 2 is 1.81 bits per heavy atom. The SMILES string of the molecule is N#Cc1ccc(Oc2ccc(C(=O)O)cc2)cc1[N+](=O)[O-]. The zero-order valence-electron chi connectivity index (χ0n) is 10.5. The number of ether oxygens (including phenoxy) is 1. The quantitative estimate of drug-likeness (QED) is 0.682. The molecule has 7 heteroatoms. The molecule has 0 heterocycles. The fourth-order valence-corrected chi connectivity index (χ4v) is 1.62. The standard InChI is InChI=1S/C14H8N2O5/c15-8-10-3-6-12(7-13(10)16(19)20)21-11-4-1-9(2-5-11)14(17)18/h1-7H,(H,17,18). The molecular formula is C14H8N2O5. The minimum Gasteiger partial charge on any atom is -0.478 e. The third-order valence-corrected chi connectivity index (χ3v) is 2.62. The molecule has 0 fully saturated rings. The molecule has 2 aromatic rings. The lowest BCUT2D eigenvalue weighted by Crippen LogP contribution is -1.96. The molecule has 0 radical (unpaired) electrons. The van der Waals surface area contributed by atoms with Crippen LogP contribution in [-0.4, -0.2) is 16.0 Å². The molecule has 0 atom stereocenters. The average Bonchev–Trinajstić information content (AvgIpc) is 2.47. The van der Waals surface area contributed by atoms with Gasteiger partial charge in [-0.15, -0.1) is 0 Å². The maximum absolute atomic E-state index is 10.8.